The Hall–Kier alpha value is -1.98. The molecule has 10 heteroatoms. The van der Waals surface area contributed by atoms with Gasteiger partial charge < -0.3 is 4.74 Å². The van der Waals surface area contributed by atoms with Crippen LogP contribution in [0.3, 0.4) is 0 Å². The first-order valence-corrected chi connectivity index (χ1v) is 20.4. The number of nitrogens with two attached hydrogens (primary N) is 1. The third-order valence-corrected chi connectivity index (χ3v) is 12.7. The van der Waals surface area contributed by atoms with E-state index in [4.69, 9.17) is 10.5 Å². The number of amides is 1. The molecule has 1 aromatic carbocycles. The summed E-state index contributed by atoms with van der Waals surface area (Å²) in [6.45, 7) is 17.9. The molecule has 0 heterocycles. The van der Waals surface area contributed by atoms with Crippen LogP contribution in [0.15, 0.2) is 28.4 Å². The van der Waals surface area contributed by atoms with Crippen LogP contribution in [0.4, 0.5) is 0 Å². The summed E-state index contributed by atoms with van der Waals surface area (Å²) in [5, 5.41) is 11.1. The van der Waals surface area contributed by atoms with Gasteiger partial charge in [0.2, 0.25) is 0 Å². The predicted octanol–water partition coefficient (Wildman–Crippen LogP) is 3.13. The van der Waals surface area contributed by atoms with E-state index in [1.165, 1.54) is 8.02 Å². The quantitative estimate of drug-likeness (QED) is 0.0882. The monoisotopic (exact) mass is 651 g/mol. The fraction of sp³-hybridized carbons (Fsp3) is 0.655. The Balaban J connectivity index is 2.84. The van der Waals surface area contributed by atoms with Gasteiger partial charge in [0.1, 0.15) is 5.60 Å². The van der Waals surface area contributed by atoms with Crippen molar-refractivity contribution < 1.29 is 14.3 Å². The topological polar surface area (TPSA) is 113 Å². The van der Waals surface area contributed by atoms with Crippen molar-refractivity contribution in [2.75, 3.05) is 39.3 Å². The van der Waals surface area contributed by atoms with E-state index in [2.05, 4.69) is 63.2 Å². The fourth-order valence-electron chi connectivity index (χ4n) is 4.04. The SMILES string of the molecule is C/C=N\N=C(/N)c1cc(CNC(=O)CN(CCC)CCN(CCC)CC(=O)OC(C)(C)C)c[c]([Sn]([CH3])[CH2]C)c1. The van der Waals surface area contributed by atoms with Crippen LogP contribution in [-0.4, -0.2) is 98.4 Å². The number of rotatable bonds is 17. The first-order chi connectivity index (χ1) is 18.4. The molecule has 0 spiro atoms. The predicted molar refractivity (Wildman–Crippen MR) is 164 cm³/mol. The molecule has 0 fully saturated rings. The molecule has 0 saturated carbocycles. The summed E-state index contributed by atoms with van der Waals surface area (Å²) in [6, 6.07) is 6.33. The van der Waals surface area contributed by atoms with Crippen molar-refractivity contribution in [1.29, 1.82) is 0 Å². The fourth-order valence-corrected chi connectivity index (χ4v) is 7.59. The summed E-state index contributed by atoms with van der Waals surface area (Å²) in [5.41, 5.74) is 7.56. The normalized spacial score (nSPS) is 12.6. The molecule has 1 aromatic rings. The zero-order valence-corrected chi connectivity index (χ0v) is 28.3. The van der Waals surface area contributed by atoms with E-state index in [1.54, 1.807) is 13.1 Å². The summed E-state index contributed by atoms with van der Waals surface area (Å²) < 4.78 is 8.05. The van der Waals surface area contributed by atoms with Crippen LogP contribution in [0.1, 0.15) is 72.4 Å². The Morgan fingerprint density at radius 3 is 2.18 bits per heavy atom. The minimum absolute atomic E-state index is 0.0207. The summed E-state index contributed by atoms with van der Waals surface area (Å²) >= 11 is -1.71. The number of carbonyl (C=O) groups is 2. The van der Waals surface area contributed by atoms with Crippen LogP contribution in [0.25, 0.3) is 0 Å². The van der Waals surface area contributed by atoms with Gasteiger partial charge in [0, 0.05) is 0 Å². The van der Waals surface area contributed by atoms with E-state index < -0.39 is 25.4 Å². The molecule has 0 aliphatic carbocycles. The Kier molecular flexibility index (Phi) is 16.5. The Labute approximate surface area is 243 Å². The minimum atomic E-state index is -1.71. The first-order valence-electron chi connectivity index (χ1n) is 14.1. The van der Waals surface area contributed by atoms with Gasteiger partial charge in [-0.15, -0.1) is 0 Å². The van der Waals surface area contributed by atoms with Crippen LogP contribution in [0, 0.1) is 0 Å². The standard InChI is InChI=1S/C26H43N6O3.C2H5.CH3.Sn/c1-7-13-31(15-16-32(14-8-2)20-24(34)35-26(4,5)6)19-23(33)28-18-21-11-10-12-22(17-21)25(27)30-29-9-3;1-2;;/h9,11-12,17H,7-8,13-16,18-20H2,1-6H3,(H2,27,30)(H,28,33);1H2,2H3;1H3;/b29-9-;;;. The maximum atomic E-state index is 12.9. The van der Waals surface area contributed by atoms with Crippen molar-refractivity contribution in [2.45, 2.75) is 82.8 Å². The number of nitrogens with zero attached hydrogens (tertiary/aromatic N) is 4. The second-order valence-electron chi connectivity index (χ2n) is 10.8. The summed E-state index contributed by atoms with van der Waals surface area (Å²) in [5.74, 6) is 0.144. The van der Waals surface area contributed by atoms with Gasteiger partial charge in [-0.3, -0.25) is 4.79 Å². The first kappa shape index (κ1) is 35.0. The molecule has 0 bridgehead atoms. The molecule has 1 rings (SSSR count). The summed E-state index contributed by atoms with van der Waals surface area (Å²) in [7, 11) is 0. The van der Waals surface area contributed by atoms with Gasteiger partial charge in [-0.05, 0) is 27.2 Å². The van der Waals surface area contributed by atoms with Crippen LogP contribution < -0.4 is 14.6 Å². The van der Waals surface area contributed by atoms with Crippen molar-refractivity contribution in [3.8, 4) is 0 Å². The third kappa shape index (κ3) is 14.8. The number of hydrogen-bond donors (Lipinski definition) is 2. The molecule has 0 aromatic heterocycles. The van der Waals surface area contributed by atoms with Crippen molar-refractivity contribution in [3.05, 3.63) is 29.3 Å². The second kappa shape index (κ2) is 18.4. The van der Waals surface area contributed by atoms with Gasteiger partial charge >= 0.3 is 195 Å². The van der Waals surface area contributed by atoms with Crippen molar-refractivity contribution in [1.82, 2.24) is 15.1 Å². The van der Waals surface area contributed by atoms with Gasteiger partial charge in [0.15, 0.2) is 0 Å². The average Bonchev–Trinajstić information content (AvgIpc) is 2.87. The number of hydrogen-bond acceptors (Lipinski definition) is 7. The third-order valence-electron chi connectivity index (χ3n) is 6.03. The summed E-state index contributed by atoms with van der Waals surface area (Å²) in [6.07, 6.45) is 3.49. The van der Waals surface area contributed by atoms with Gasteiger partial charge in [0.25, 0.3) is 0 Å². The van der Waals surface area contributed by atoms with Crippen molar-refractivity contribution in [2.24, 2.45) is 15.9 Å². The number of esters is 1. The average molecular weight is 650 g/mol. The van der Waals surface area contributed by atoms with E-state index in [-0.39, 0.29) is 18.4 Å². The van der Waals surface area contributed by atoms with Crippen molar-refractivity contribution in [3.63, 3.8) is 0 Å². The van der Waals surface area contributed by atoms with E-state index in [0.717, 1.165) is 37.1 Å². The van der Waals surface area contributed by atoms with E-state index in [9.17, 15) is 9.59 Å². The number of carbonyl (C=O) groups excluding carboxylic acids is 2. The Bertz CT molecular complexity index is 961. The number of amidine groups is 1. The molecule has 0 aliphatic rings. The molecule has 219 valence electrons. The molecule has 39 heavy (non-hydrogen) atoms. The summed E-state index contributed by atoms with van der Waals surface area (Å²) in [4.78, 5) is 31.9. The molecular formula is C29H51N6O3Sn. The molecule has 9 nitrogen and oxygen atoms in total. The van der Waals surface area contributed by atoms with Gasteiger partial charge in [-0.2, -0.15) is 0 Å². The Morgan fingerprint density at radius 1 is 1.03 bits per heavy atom. The number of nitrogens with one attached hydrogen (secondary N) is 1. The van der Waals surface area contributed by atoms with E-state index in [1.807, 2.05) is 26.8 Å². The molecule has 1 radical (unpaired) electrons. The van der Waals surface area contributed by atoms with E-state index >= 15 is 0 Å². The van der Waals surface area contributed by atoms with Crippen LogP contribution >= 0.6 is 0 Å². The van der Waals surface area contributed by atoms with Gasteiger partial charge in [0.05, 0.1) is 0 Å². The zero-order valence-electron chi connectivity index (χ0n) is 25.5. The van der Waals surface area contributed by atoms with Crippen LogP contribution in [0.5, 0.6) is 0 Å². The maximum absolute atomic E-state index is 12.9. The molecule has 0 aliphatic heterocycles. The molecule has 0 atom stereocenters. The Morgan fingerprint density at radius 2 is 1.64 bits per heavy atom. The van der Waals surface area contributed by atoms with E-state index in [0.29, 0.717) is 32.0 Å². The molecule has 1 amide bonds. The zero-order chi connectivity index (χ0) is 29.4. The van der Waals surface area contributed by atoms with Crippen LogP contribution in [0.2, 0.25) is 9.38 Å². The molecule has 0 saturated heterocycles. The molecule has 0 unspecified atom stereocenters. The molecule has 3 N–H and O–H groups in total. The number of benzene rings is 1. The molecular weight excluding hydrogens is 599 g/mol. The van der Waals surface area contributed by atoms with Gasteiger partial charge in [-0.25, -0.2) is 0 Å². The van der Waals surface area contributed by atoms with Crippen LogP contribution in [-0.2, 0) is 20.9 Å². The number of ether oxygens (including phenoxy) is 1. The van der Waals surface area contributed by atoms with Gasteiger partial charge in [-0.1, -0.05) is 6.92 Å². The second-order valence-corrected chi connectivity index (χ2v) is 18.9. The van der Waals surface area contributed by atoms with Crippen molar-refractivity contribution >= 4 is 47.3 Å².